The summed E-state index contributed by atoms with van der Waals surface area (Å²) in [5, 5.41) is 0. The number of nitrogens with two attached hydrogens (primary N) is 1. The Morgan fingerprint density at radius 3 is 2.61 bits per heavy atom. The summed E-state index contributed by atoms with van der Waals surface area (Å²) in [6.07, 6.45) is 4.47. The van der Waals surface area contributed by atoms with Gasteiger partial charge in [-0.05, 0) is 6.42 Å². The minimum absolute atomic E-state index is 0.135. The Bertz CT molecular complexity index is 405. The summed E-state index contributed by atoms with van der Waals surface area (Å²) in [6, 6.07) is 0. The topological polar surface area (TPSA) is 75.4 Å². The van der Waals surface area contributed by atoms with Crippen molar-refractivity contribution in [1.29, 1.82) is 0 Å². The van der Waals surface area contributed by atoms with E-state index in [2.05, 4.69) is 14.9 Å². The standard InChI is InChI=1S/C12H19N5O/c1-10(18)16-3-2-4-17(6-5-16)12-14-8-11(7-13)9-15-12/h8-9H,2-7,13H2,1H3. The van der Waals surface area contributed by atoms with Crippen LogP contribution in [-0.2, 0) is 11.3 Å². The van der Waals surface area contributed by atoms with Crippen molar-refractivity contribution < 1.29 is 4.79 Å². The summed E-state index contributed by atoms with van der Waals surface area (Å²) in [7, 11) is 0. The second-order valence-electron chi connectivity index (χ2n) is 4.44. The van der Waals surface area contributed by atoms with E-state index in [0.717, 1.165) is 44.1 Å². The third kappa shape index (κ3) is 2.95. The predicted molar refractivity (Wildman–Crippen MR) is 69.0 cm³/mol. The summed E-state index contributed by atoms with van der Waals surface area (Å²) in [5.41, 5.74) is 6.45. The van der Waals surface area contributed by atoms with Gasteiger partial charge in [0.1, 0.15) is 0 Å². The lowest BCUT2D eigenvalue weighted by Crippen LogP contribution is -2.34. The molecule has 6 nitrogen and oxygen atoms in total. The summed E-state index contributed by atoms with van der Waals surface area (Å²) in [4.78, 5) is 24.0. The highest BCUT2D eigenvalue weighted by atomic mass is 16.2. The van der Waals surface area contributed by atoms with Gasteiger partial charge in [-0.2, -0.15) is 0 Å². The van der Waals surface area contributed by atoms with Gasteiger partial charge in [-0.3, -0.25) is 4.79 Å². The van der Waals surface area contributed by atoms with E-state index in [9.17, 15) is 4.79 Å². The maximum absolute atomic E-state index is 11.3. The first-order chi connectivity index (χ1) is 8.70. The molecule has 18 heavy (non-hydrogen) atoms. The number of amides is 1. The van der Waals surface area contributed by atoms with Crippen LogP contribution in [0.4, 0.5) is 5.95 Å². The van der Waals surface area contributed by atoms with Crippen LogP contribution in [0, 0.1) is 0 Å². The van der Waals surface area contributed by atoms with E-state index in [1.54, 1.807) is 19.3 Å². The molecule has 0 spiro atoms. The smallest absolute Gasteiger partial charge is 0.225 e. The number of aromatic nitrogens is 2. The minimum Gasteiger partial charge on any atom is -0.341 e. The number of nitrogens with zero attached hydrogens (tertiary/aromatic N) is 4. The van der Waals surface area contributed by atoms with Crippen LogP contribution in [0.3, 0.4) is 0 Å². The van der Waals surface area contributed by atoms with Crippen LogP contribution in [-0.4, -0.2) is 47.0 Å². The summed E-state index contributed by atoms with van der Waals surface area (Å²) in [5.74, 6) is 0.855. The van der Waals surface area contributed by atoms with Gasteiger partial charge < -0.3 is 15.5 Å². The van der Waals surface area contributed by atoms with Crippen molar-refractivity contribution in [3.63, 3.8) is 0 Å². The van der Waals surface area contributed by atoms with Crippen molar-refractivity contribution in [2.45, 2.75) is 19.9 Å². The molecule has 0 aliphatic carbocycles. The quantitative estimate of drug-likeness (QED) is 0.798. The van der Waals surface area contributed by atoms with Gasteiger partial charge >= 0.3 is 0 Å². The molecule has 0 bridgehead atoms. The van der Waals surface area contributed by atoms with Crippen LogP contribution in [0.5, 0.6) is 0 Å². The Balaban J connectivity index is 2.02. The second kappa shape index (κ2) is 5.77. The van der Waals surface area contributed by atoms with Gasteiger partial charge in [-0.25, -0.2) is 9.97 Å². The predicted octanol–water partition coefficient (Wildman–Crippen LogP) is -0.00610. The zero-order valence-corrected chi connectivity index (χ0v) is 10.7. The van der Waals surface area contributed by atoms with Gasteiger partial charge in [0.25, 0.3) is 0 Å². The van der Waals surface area contributed by atoms with Crippen LogP contribution in [0.15, 0.2) is 12.4 Å². The number of hydrogen-bond donors (Lipinski definition) is 1. The SMILES string of the molecule is CC(=O)N1CCCN(c2ncc(CN)cn2)CC1. The van der Waals surface area contributed by atoms with Crippen LogP contribution in [0.2, 0.25) is 0 Å². The first-order valence-corrected chi connectivity index (χ1v) is 6.22. The number of carbonyl (C=O) groups is 1. The number of hydrogen-bond acceptors (Lipinski definition) is 5. The van der Waals surface area contributed by atoms with Gasteiger partial charge in [0.15, 0.2) is 0 Å². The van der Waals surface area contributed by atoms with E-state index in [1.807, 2.05) is 4.90 Å². The van der Waals surface area contributed by atoms with Crippen molar-refractivity contribution >= 4 is 11.9 Å². The van der Waals surface area contributed by atoms with Crippen LogP contribution in [0.25, 0.3) is 0 Å². The molecule has 1 aromatic heterocycles. The zero-order chi connectivity index (χ0) is 13.0. The van der Waals surface area contributed by atoms with Crippen molar-refractivity contribution in [3.8, 4) is 0 Å². The lowest BCUT2D eigenvalue weighted by molar-refractivity contribution is -0.128. The second-order valence-corrected chi connectivity index (χ2v) is 4.44. The first-order valence-electron chi connectivity index (χ1n) is 6.22. The van der Waals surface area contributed by atoms with Gasteiger partial charge in [0.05, 0.1) is 0 Å². The summed E-state index contributed by atoms with van der Waals surface area (Å²) < 4.78 is 0. The monoisotopic (exact) mass is 249 g/mol. The number of anilines is 1. The van der Waals surface area contributed by atoms with E-state index in [-0.39, 0.29) is 5.91 Å². The molecule has 0 radical (unpaired) electrons. The Morgan fingerprint density at radius 2 is 2.00 bits per heavy atom. The summed E-state index contributed by atoms with van der Waals surface area (Å²) in [6.45, 7) is 5.28. The first kappa shape index (κ1) is 12.8. The van der Waals surface area contributed by atoms with Gasteiger partial charge in [-0.1, -0.05) is 0 Å². The largest absolute Gasteiger partial charge is 0.341 e. The van der Waals surface area contributed by atoms with Crippen LogP contribution in [0.1, 0.15) is 18.9 Å². The highest BCUT2D eigenvalue weighted by Gasteiger charge is 2.17. The molecule has 0 atom stereocenters. The molecule has 1 aromatic rings. The van der Waals surface area contributed by atoms with E-state index in [4.69, 9.17) is 5.73 Å². The molecule has 6 heteroatoms. The zero-order valence-electron chi connectivity index (χ0n) is 10.7. The van der Waals surface area contributed by atoms with Crippen LogP contribution >= 0.6 is 0 Å². The molecule has 2 N–H and O–H groups in total. The lowest BCUT2D eigenvalue weighted by atomic mass is 10.3. The van der Waals surface area contributed by atoms with Gasteiger partial charge in [-0.15, -0.1) is 0 Å². The molecule has 2 heterocycles. The van der Waals surface area contributed by atoms with Gasteiger partial charge in [0.2, 0.25) is 11.9 Å². The molecular weight excluding hydrogens is 230 g/mol. The maximum atomic E-state index is 11.3. The average Bonchev–Trinajstić information content (AvgIpc) is 2.64. The van der Waals surface area contributed by atoms with Crippen molar-refractivity contribution in [3.05, 3.63) is 18.0 Å². The molecule has 0 unspecified atom stereocenters. The minimum atomic E-state index is 0.135. The van der Waals surface area contributed by atoms with Crippen molar-refractivity contribution in [2.24, 2.45) is 5.73 Å². The van der Waals surface area contributed by atoms with Crippen molar-refractivity contribution in [2.75, 3.05) is 31.1 Å². The maximum Gasteiger partial charge on any atom is 0.225 e. The Morgan fingerprint density at radius 1 is 1.28 bits per heavy atom. The molecule has 1 aliphatic heterocycles. The normalized spacial score (nSPS) is 16.6. The molecule has 1 aliphatic rings. The number of rotatable bonds is 2. The Hall–Kier alpha value is -1.69. The fourth-order valence-corrected chi connectivity index (χ4v) is 2.05. The Labute approximate surface area is 107 Å². The molecule has 0 saturated carbocycles. The number of carbonyl (C=O) groups excluding carboxylic acids is 1. The molecule has 0 aromatic carbocycles. The molecule has 98 valence electrons. The highest BCUT2D eigenvalue weighted by Crippen LogP contribution is 2.11. The average molecular weight is 249 g/mol. The van der Waals surface area contributed by atoms with E-state index >= 15 is 0 Å². The highest BCUT2D eigenvalue weighted by molar-refractivity contribution is 5.73. The van der Waals surface area contributed by atoms with Gasteiger partial charge in [0, 0.05) is 57.6 Å². The van der Waals surface area contributed by atoms with E-state index in [0.29, 0.717) is 6.54 Å². The van der Waals surface area contributed by atoms with Crippen LogP contribution < -0.4 is 10.6 Å². The summed E-state index contributed by atoms with van der Waals surface area (Å²) >= 11 is 0. The molecule has 1 saturated heterocycles. The fraction of sp³-hybridized carbons (Fsp3) is 0.583. The van der Waals surface area contributed by atoms with E-state index < -0.39 is 0 Å². The fourth-order valence-electron chi connectivity index (χ4n) is 2.05. The van der Waals surface area contributed by atoms with Crippen molar-refractivity contribution in [1.82, 2.24) is 14.9 Å². The third-order valence-corrected chi connectivity index (χ3v) is 3.15. The lowest BCUT2D eigenvalue weighted by Gasteiger charge is -2.21. The molecular formula is C12H19N5O. The molecule has 2 rings (SSSR count). The van der Waals surface area contributed by atoms with E-state index in [1.165, 1.54) is 0 Å². The molecule has 1 amide bonds. The third-order valence-electron chi connectivity index (χ3n) is 3.15. The Kier molecular flexibility index (Phi) is 4.09. The molecule has 1 fully saturated rings.